The highest BCUT2D eigenvalue weighted by molar-refractivity contribution is 5.81. The molecule has 0 spiro atoms. The first-order chi connectivity index (χ1) is 13.7. The van der Waals surface area contributed by atoms with E-state index in [1.54, 1.807) is 0 Å². The van der Waals surface area contributed by atoms with Gasteiger partial charge in [0.15, 0.2) is 0 Å². The van der Waals surface area contributed by atoms with E-state index in [1.165, 1.54) is 0 Å². The van der Waals surface area contributed by atoms with Crippen molar-refractivity contribution in [3.8, 4) is 39.6 Å². The van der Waals surface area contributed by atoms with Gasteiger partial charge in [-0.05, 0) is 35.7 Å². The molecule has 1 aromatic heterocycles. The van der Waals surface area contributed by atoms with Gasteiger partial charge in [0.05, 0.1) is 5.69 Å². The first-order valence-electron chi connectivity index (χ1n) is 9.09. The summed E-state index contributed by atoms with van der Waals surface area (Å²) < 4.78 is 0. The van der Waals surface area contributed by atoms with Crippen LogP contribution in [-0.2, 0) is 0 Å². The number of nitrogens with zero attached hydrogens (tertiary/aromatic N) is 2. The van der Waals surface area contributed by atoms with Crippen molar-refractivity contribution >= 4 is 5.82 Å². The Kier molecular flexibility index (Phi) is 4.62. The average Bonchev–Trinajstić information content (AvgIpc) is 2.74. The molecule has 2 N–H and O–H groups in total. The van der Waals surface area contributed by atoms with Gasteiger partial charge in [-0.3, -0.25) is 0 Å². The molecule has 0 aliphatic carbocycles. The number of anilines is 1. The van der Waals surface area contributed by atoms with Gasteiger partial charge in [0, 0.05) is 11.1 Å². The number of hydrogen-bond donors (Lipinski definition) is 1. The lowest BCUT2D eigenvalue weighted by molar-refractivity contribution is 1.30. The second-order valence-corrected chi connectivity index (χ2v) is 6.74. The van der Waals surface area contributed by atoms with Crippen molar-refractivity contribution in [2.24, 2.45) is 0 Å². The van der Waals surface area contributed by atoms with E-state index in [0.717, 1.165) is 39.1 Å². The lowest BCUT2D eigenvalue weighted by Crippen LogP contribution is -2.00. The molecule has 0 unspecified atom stereocenters. The minimum Gasteiger partial charge on any atom is -0.383 e. The topological polar surface area (TPSA) is 62.7 Å². The summed E-state index contributed by atoms with van der Waals surface area (Å²) in [6.07, 6.45) is 0. The molecule has 0 aliphatic rings. The first-order valence-corrected chi connectivity index (χ1v) is 9.09. The summed E-state index contributed by atoms with van der Waals surface area (Å²) in [7, 11) is 0. The Morgan fingerprint density at radius 1 is 0.750 bits per heavy atom. The normalized spacial score (nSPS) is 10.4. The number of rotatable bonds is 3. The van der Waals surface area contributed by atoms with Crippen molar-refractivity contribution in [1.29, 1.82) is 5.26 Å². The van der Waals surface area contributed by atoms with Gasteiger partial charge in [0.1, 0.15) is 17.5 Å². The molecular weight excluding hydrogens is 342 g/mol. The number of nitrogens with two attached hydrogens (primary N) is 1. The Balaban J connectivity index is 1.81. The van der Waals surface area contributed by atoms with Crippen LogP contribution >= 0.6 is 0 Å². The van der Waals surface area contributed by atoms with Gasteiger partial charge in [-0.15, -0.1) is 0 Å². The van der Waals surface area contributed by atoms with Crippen LogP contribution in [0.25, 0.3) is 33.5 Å². The predicted molar refractivity (Wildman–Crippen MR) is 114 cm³/mol. The number of aryl methyl sites for hydroxylation is 1. The molecule has 0 aliphatic heterocycles. The third-order valence-corrected chi connectivity index (χ3v) is 4.78. The van der Waals surface area contributed by atoms with Crippen molar-refractivity contribution in [2.45, 2.75) is 6.92 Å². The van der Waals surface area contributed by atoms with Gasteiger partial charge in [-0.2, -0.15) is 5.26 Å². The van der Waals surface area contributed by atoms with Crippen molar-refractivity contribution in [2.75, 3.05) is 5.73 Å². The molecule has 28 heavy (non-hydrogen) atoms. The van der Waals surface area contributed by atoms with Crippen molar-refractivity contribution < 1.29 is 0 Å². The maximum Gasteiger partial charge on any atom is 0.142 e. The van der Waals surface area contributed by atoms with Crippen molar-refractivity contribution in [3.05, 3.63) is 96.1 Å². The van der Waals surface area contributed by atoms with Crippen LogP contribution in [0.4, 0.5) is 5.82 Å². The van der Waals surface area contributed by atoms with Gasteiger partial charge in [-0.1, -0.05) is 78.4 Å². The van der Waals surface area contributed by atoms with E-state index in [1.807, 2.05) is 61.5 Å². The highest BCUT2D eigenvalue weighted by Crippen LogP contribution is 2.32. The van der Waals surface area contributed by atoms with E-state index in [2.05, 4.69) is 41.4 Å². The maximum absolute atomic E-state index is 9.63. The molecule has 3 nitrogen and oxygen atoms in total. The zero-order valence-electron chi connectivity index (χ0n) is 15.6. The minimum atomic E-state index is 0.253. The van der Waals surface area contributed by atoms with E-state index in [-0.39, 0.29) is 5.82 Å². The molecule has 0 saturated carbocycles. The summed E-state index contributed by atoms with van der Waals surface area (Å²) in [4.78, 5) is 4.46. The number of aromatic nitrogens is 1. The van der Waals surface area contributed by atoms with Crippen LogP contribution in [0.2, 0.25) is 0 Å². The fraction of sp³-hybridized carbons (Fsp3) is 0.0400. The molecule has 0 saturated heterocycles. The fourth-order valence-corrected chi connectivity index (χ4v) is 3.34. The first kappa shape index (κ1) is 17.5. The van der Waals surface area contributed by atoms with Crippen LogP contribution in [0.5, 0.6) is 0 Å². The molecule has 0 fully saturated rings. The van der Waals surface area contributed by atoms with E-state index in [4.69, 9.17) is 5.73 Å². The van der Waals surface area contributed by atoms with Crippen LogP contribution in [0.3, 0.4) is 0 Å². The molecule has 0 atom stereocenters. The number of hydrogen-bond acceptors (Lipinski definition) is 3. The molecule has 0 radical (unpaired) electrons. The Morgan fingerprint density at radius 2 is 1.39 bits per heavy atom. The summed E-state index contributed by atoms with van der Waals surface area (Å²) in [6, 6.07) is 30.6. The van der Waals surface area contributed by atoms with E-state index >= 15 is 0 Å². The van der Waals surface area contributed by atoms with Crippen LogP contribution < -0.4 is 5.73 Å². The molecule has 0 amide bonds. The second-order valence-electron chi connectivity index (χ2n) is 6.74. The summed E-state index contributed by atoms with van der Waals surface area (Å²) in [5.41, 5.74) is 13.5. The van der Waals surface area contributed by atoms with Gasteiger partial charge in [-0.25, -0.2) is 4.98 Å². The SMILES string of the molecule is Cc1cccc(-c2cc(-c3ccc(-c4ccccc4)cc3)c(C#N)c(N)n2)c1. The molecule has 3 heteroatoms. The van der Waals surface area contributed by atoms with E-state index in [9.17, 15) is 5.26 Å². The third kappa shape index (κ3) is 3.36. The molecular formula is C25H19N3. The van der Waals surface area contributed by atoms with Crippen LogP contribution in [0.1, 0.15) is 11.1 Å². The van der Waals surface area contributed by atoms with Gasteiger partial charge in [0.25, 0.3) is 0 Å². The Labute approximate surface area is 164 Å². The van der Waals surface area contributed by atoms with Crippen LogP contribution in [-0.4, -0.2) is 4.98 Å². The van der Waals surface area contributed by atoms with E-state index in [0.29, 0.717) is 5.56 Å². The predicted octanol–water partition coefficient (Wildman–Crippen LogP) is 5.84. The highest BCUT2D eigenvalue weighted by Gasteiger charge is 2.13. The zero-order valence-corrected chi connectivity index (χ0v) is 15.6. The number of nitrogen functional groups attached to an aromatic ring is 1. The molecule has 0 bridgehead atoms. The largest absolute Gasteiger partial charge is 0.383 e. The van der Waals surface area contributed by atoms with Gasteiger partial charge in [0.2, 0.25) is 0 Å². The summed E-state index contributed by atoms with van der Waals surface area (Å²) in [5.74, 6) is 0.253. The molecule has 4 rings (SSSR count). The third-order valence-electron chi connectivity index (χ3n) is 4.78. The summed E-state index contributed by atoms with van der Waals surface area (Å²) in [5, 5.41) is 9.63. The van der Waals surface area contributed by atoms with Gasteiger partial charge >= 0.3 is 0 Å². The number of pyridine rings is 1. The van der Waals surface area contributed by atoms with Gasteiger partial charge < -0.3 is 5.73 Å². The average molecular weight is 361 g/mol. The van der Waals surface area contributed by atoms with Crippen molar-refractivity contribution in [3.63, 3.8) is 0 Å². The molecule has 134 valence electrons. The quantitative estimate of drug-likeness (QED) is 0.498. The number of benzene rings is 3. The fourth-order valence-electron chi connectivity index (χ4n) is 3.34. The second kappa shape index (κ2) is 7.38. The summed E-state index contributed by atoms with van der Waals surface area (Å²) in [6.45, 7) is 2.04. The van der Waals surface area contributed by atoms with Crippen LogP contribution in [0, 0.1) is 18.3 Å². The van der Waals surface area contributed by atoms with Crippen LogP contribution in [0.15, 0.2) is 84.9 Å². The number of nitriles is 1. The highest BCUT2D eigenvalue weighted by atomic mass is 14.8. The summed E-state index contributed by atoms with van der Waals surface area (Å²) >= 11 is 0. The molecule has 4 aromatic rings. The lowest BCUT2D eigenvalue weighted by Gasteiger charge is -2.11. The monoisotopic (exact) mass is 361 g/mol. The minimum absolute atomic E-state index is 0.253. The maximum atomic E-state index is 9.63. The Bertz CT molecular complexity index is 1170. The Morgan fingerprint density at radius 3 is 2.07 bits per heavy atom. The lowest BCUT2D eigenvalue weighted by atomic mass is 9.96. The molecule has 1 heterocycles. The van der Waals surface area contributed by atoms with Crippen molar-refractivity contribution in [1.82, 2.24) is 4.98 Å². The zero-order chi connectivity index (χ0) is 19.5. The smallest absolute Gasteiger partial charge is 0.142 e. The standard InChI is InChI=1S/C25H19N3/c1-17-6-5-9-21(14-17)24-15-22(23(16-26)25(27)28-24)20-12-10-19(11-13-20)18-7-3-2-4-8-18/h2-15H,1H3,(H2,27,28). The van der Waals surface area contributed by atoms with E-state index < -0.39 is 0 Å². The molecule has 3 aromatic carbocycles. The Hall–Kier alpha value is -3.90.